The molecule has 0 amide bonds. The van der Waals surface area contributed by atoms with E-state index in [-0.39, 0.29) is 25.7 Å². The summed E-state index contributed by atoms with van der Waals surface area (Å²) < 4.78 is 68.2. The fraction of sp³-hybridized carbons (Fsp3) is 0.944. The predicted octanol–water partition coefficient (Wildman–Crippen LogP) is 20.5. The van der Waals surface area contributed by atoms with Gasteiger partial charge in [0.1, 0.15) is 19.3 Å². The summed E-state index contributed by atoms with van der Waals surface area (Å²) in [5.74, 6) is 0.793. The SMILES string of the molecule is CC(C)CCCCCCCCCCCCCCCCCCC(=O)OC[C@H](COP(=O)(O)OC[C@@H](O)COP(=O)(O)OC[C@@H](COC(=O)CCCCCCCCC(C)C)OC(=O)CCCCCCCCCCCCCC(C)C)OC(=O)CCCCCCCCC(C)C. The van der Waals surface area contributed by atoms with Crippen LogP contribution in [0.4, 0.5) is 0 Å². The summed E-state index contributed by atoms with van der Waals surface area (Å²) in [6.45, 7) is 14.0. The molecule has 0 aliphatic carbocycles. The summed E-state index contributed by atoms with van der Waals surface area (Å²) in [5.41, 5.74) is 0. The summed E-state index contributed by atoms with van der Waals surface area (Å²) >= 11 is 0. The molecule has 19 heteroatoms. The second-order valence-corrected chi connectivity index (χ2v) is 30.8. The molecule has 0 saturated heterocycles. The predicted molar refractivity (Wildman–Crippen MR) is 367 cm³/mol. The van der Waals surface area contributed by atoms with Gasteiger partial charge in [-0.05, 0) is 49.4 Å². The maximum atomic E-state index is 13.0. The molecule has 0 aromatic rings. The Hall–Kier alpha value is -1.94. The number of rotatable bonds is 69. The Morgan fingerprint density at radius 1 is 0.275 bits per heavy atom. The third kappa shape index (κ3) is 66.5. The Labute approximate surface area is 556 Å². The first kappa shape index (κ1) is 89.1. The van der Waals surface area contributed by atoms with Gasteiger partial charge < -0.3 is 33.8 Å². The van der Waals surface area contributed by atoms with Crippen molar-refractivity contribution in [3.8, 4) is 0 Å². The first-order valence-electron chi connectivity index (χ1n) is 37.2. The molecule has 0 radical (unpaired) electrons. The Kier molecular flexibility index (Phi) is 60.3. The molecule has 540 valence electrons. The van der Waals surface area contributed by atoms with Crippen LogP contribution in [0.1, 0.15) is 357 Å². The molecule has 5 atom stereocenters. The molecular formula is C72H140O17P2. The first-order chi connectivity index (χ1) is 43.6. The molecule has 0 saturated carbocycles. The van der Waals surface area contributed by atoms with Crippen LogP contribution in [0.15, 0.2) is 0 Å². The lowest BCUT2D eigenvalue weighted by molar-refractivity contribution is -0.161. The molecule has 0 aromatic carbocycles. The van der Waals surface area contributed by atoms with E-state index in [0.717, 1.165) is 108 Å². The van der Waals surface area contributed by atoms with Crippen LogP contribution in [0.2, 0.25) is 0 Å². The van der Waals surface area contributed by atoms with Gasteiger partial charge in [0, 0.05) is 25.7 Å². The van der Waals surface area contributed by atoms with Crippen LogP contribution in [0.5, 0.6) is 0 Å². The number of aliphatic hydroxyl groups is 1. The van der Waals surface area contributed by atoms with Crippen molar-refractivity contribution in [2.75, 3.05) is 39.6 Å². The molecular weight excluding hydrogens is 1200 g/mol. The van der Waals surface area contributed by atoms with Crippen LogP contribution in [0.25, 0.3) is 0 Å². The Morgan fingerprint density at radius 2 is 0.462 bits per heavy atom. The van der Waals surface area contributed by atoms with Crippen molar-refractivity contribution in [1.29, 1.82) is 0 Å². The first-order valence-corrected chi connectivity index (χ1v) is 40.2. The molecule has 2 unspecified atom stereocenters. The van der Waals surface area contributed by atoms with Crippen LogP contribution < -0.4 is 0 Å². The van der Waals surface area contributed by atoms with E-state index in [9.17, 15) is 43.2 Å². The van der Waals surface area contributed by atoms with E-state index in [2.05, 4.69) is 55.4 Å². The lowest BCUT2D eigenvalue weighted by atomic mass is 10.0. The number of hydrogen-bond donors (Lipinski definition) is 3. The van der Waals surface area contributed by atoms with Crippen molar-refractivity contribution in [3.05, 3.63) is 0 Å². The van der Waals surface area contributed by atoms with E-state index in [1.54, 1.807) is 0 Å². The number of phosphoric acid groups is 2. The lowest BCUT2D eigenvalue weighted by Crippen LogP contribution is -2.30. The summed E-state index contributed by atoms with van der Waals surface area (Å²) in [6, 6.07) is 0. The minimum absolute atomic E-state index is 0.102. The lowest BCUT2D eigenvalue weighted by Gasteiger charge is -2.21. The largest absolute Gasteiger partial charge is 0.472 e. The van der Waals surface area contributed by atoms with Gasteiger partial charge in [0.15, 0.2) is 12.2 Å². The Balaban J connectivity index is 5.15. The number of phosphoric ester groups is 2. The van der Waals surface area contributed by atoms with Gasteiger partial charge in [0.05, 0.1) is 26.4 Å². The van der Waals surface area contributed by atoms with Gasteiger partial charge in [0.25, 0.3) is 0 Å². The highest BCUT2D eigenvalue weighted by atomic mass is 31.2. The third-order valence-corrected chi connectivity index (χ3v) is 18.5. The van der Waals surface area contributed by atoms with Crippen molar-refractivity contribution in [2.24, 2.45) is 23.7 Å². The summed E-state index contributed by atoms with van der Waals surface area (Å²) in [4.78, 5) is 72.5. The van der Waals surface area contributed by atoms with Crippen molar-refractivity contribution in [1.82, 2.24) is 0 Å². The average Bonchev–Trinajstić information content (AvgIpc) is 3.05. The summed E-state index contributed by atoms with van der Waals surface area (Å²) in [6.07, 6.45) is 44.9. The Morgan fingerprint density at radius 3 is 0.681 bits per heavy atom. The normalized spacial score (nSPS) is 14.2. The second kappa shape index (κ2) is 61.6. The van der Waals surface area contributed by atoms with E-state index in [1.807, 2.05) is 0 Å². The number of carbonyl (C=O) groups is 4. The number of aliphatic hydroxyl groups excluding tert-OH is 1. The van der Waals surface area contributed by atoms with Crippen LogP contribution in [-0.4, -0.2) is 96.7 Å². The molecule has 0 aromatic heterocycles. The quantitative estimate of drug-likeness (QED) is 0.0222. The van der Waals surface area contributed by atoms with Crippen molar-refractivity contribution in [2.45, 2.75) is 375 Å². The molecule has 91 heavy (non-hydrogen) atoms. The van der Waals surface area contributed by atoms with E-state index in [1.165, 1.54) is 154 Å². The average molecular weight is 1340 g/mol. The highest BCUT2D eigenvalue weighted by Gasteiger charge is 2.30. The number of esters is 4. The van der Waals surface area contributed by atoms with Crippen molar-refractivity contribution in [3.63, 3.8) is 0 Å². The van der Waals surface area contributed by atoms with Gasteiger partial charge in [-0.1, -0.05) is 306 Å². The Bertz CT molecular complexity index is 1800. The van der Waals surface area contributed by atoms with Gasteiger partial charge in [-0.3, -0.25) is 37.3 Å². The van der Waals surface area contributed by atoms with Gasteiger partial charge >= 0.3 is 39.5 Å². The standard InChI is InChI=1S/C72H140O17P2/c1-62(2)48-40-32-24-20-16-13-11-9-10-12-14-18-22-26-36-44-52-69(74)82-58-68(89-72(77)55-47-39-31-29-35-43-51-65(7)8)61-87-91(80,81)85-57-66(73)56-84-90(78,79)86-60-67(59-83-70(75)53-45-37-30-28-34-42-50-64(5)6)88-71(76)54-46-38-27-23-19-15-17-21-25-33-41-49-63(3)4/h62-68,73H,9-61H2,1-8H3,(H,78,79)(H,80,81)/t66-,67+,68+/m0/s1. The van der Waals surface area contributed by atoms with Crippen molar-refractivity contribution < 1.29 is 80.2 Å². The number of unbranched alkanes of at least 4 members (excludes halogenated alkanes) is 35. The minimum Gasteiger partial charge on any atom is -0.462 e. The highest BCUT2D eigenvalue weighted by molar-refractivity contribution is 7.47. The number of ether oxygens (including phenoxy) is 4. The second-order valence-electron chi connectivity index (χ2n) is 27.9. The molecule has 17 nitrogen and oxygen atoms in total. The molecule has 0 heterocycles. The van der Waals surface area contributed by atoms with Gasteiger partial charge in [0.2, 0.25) is 0 Å². The summed E-state index contributed by atoms with van der Waals surface area (Å²) in [5, 5.41) is 10.6. The monoisotopic (exact) mass is 1340 g/mol. The fourth-order valence-electron chi connectivity index (χ4n) is 10.8. The van der Waals surface area contributed by atoms with Gasteiger partial charge in [-0.15, -0.1) is 0 Å². The van der Waals surface area contributed by atoms with Crippen molar-refractivity contribution >= 4 is 39.5 Å². The zero-order valence-electron chi connectivity index (χ0n) is 59.5. The minimum atomic E-state index is -4.95. The molecule has 0 bridgehead atoms. The zero-order chi connectivity index (χ0) is 67.5. The molecule has 0 aliphatic rings. The molecule has 0 aliphatic heterocycles. The number of hydrogen-bond acceptors (Lipinski definition) is 15. The van der Waals surface area contributed by atoms with Crippen LogP contribution in [0, 0.1) is 23.7 Å². The van der Waals surface area contributed by atoms with Gasteiger partial charge in [-0.2, -0.15) is 0 Å². The maximum absolute atomic E-state index is 13.0. The smallest absolute Gasteiger partial charge is 0.462 e. The van der Waals surface area contributed by atoms with Gasteiger partial charge in [-0.25, -0.2) is 9.13 Å². The number of carbonyl (C=O) groups excluding carboxylic acids is 4. The topological polar surface area (TPSA) is 237 Å². The molecule has 0 fully saturated rings. The van der Waals surface area contributed by atoms with Crippen LogP contribution >= 0.6 is 15.6 Å². The zero-order valence-corrected chi connectivity index (χ0v) is 61.3. The molecule has 0 rings (SSSR count). The van der Waals surface area contributed by atoms with E-state index < -0.39 is 97.5 Å². The van der Waals surface area contributed by atoms with E-state index in [0.29, 0.717) is 37.5 Å². The third-order valence-electron chi connectivity index (χ3n) is 16.6. The van der Waals surface area contributed by atoms with E-state index in [4.69, 9.17) is 37.0 Å². The fourth-order valence-corrected chi connectivity index (χ4v) is 12.4. The maximum Gasteiger partial charge on any atom is 0.472 e. The summed E-state index contributed by atoms with van der Waals surface area (Å²) in [7, 11) is -9.90. The van der Waals surface area contributed by atoms with E-state index >= 15 is 0 Å². The van der Waals surface area contributed by atoms with Crippen LogP contribution in [0.3, 0.4) is 0 Å². The molecule has 0 spiro atoms. The molecule has 3 N–H and O–H groups in total. The highest BCUT2D eigenvalue weighted by Crippen LogP contribution is 2.45. The van der Waals surface area contributed by atoms with Crippen LogP contribution in [-0.2, 0) is 65.4 Å².